The number of pyridine rings is 1. The zero-order valence-corrected chi connectivity index (χ0v) is 34.2. The lowest BCUT2D eigenvalue weighted by Crippen LogP contribution is -2.60. The van der Waals surface area contributed by atoms with Crippen LogP contribution >= 0.6 is 11.6 Å². The highest BCUT2D eigenvalue weighted by Crippen LogP contribution is 2.41. The molecule has 9 rings (SSSR count). The van der Waals surface area contributed by atoms with Gasteiger partial charge in [-0.2, -0.15) is 0 Å². The number of hydrogen-bond donors (Lipinski definition) is 1. The number of carbonyl (C=O) groups is 3. The number of tetrazole rings is 1. The maximum Gasteiger partial charge on any atom is 0.326 e. The van der Waals surface area contributed by atoms with Gasteiger partial charge in [-0.25, -0.2) is 23.8 Å². The van der Waals surface area contributed by atoms with Crippen LogP contribution in [0, 0.1) is 0 Å². The lowest BCUT2D eigenvalue weighted by atomic mass is 9.77. The Labute approximate surface area is 359 Å². The fourth-order valence-corrected chi connectivity index (χ4v) is 8.32. The number of benzene rings is 4. The predicted molar refractivity (Wildman–Crippen MR) is 228 cm³/mol. The summed E-state index contributed by atoms with van der Waals surface area (Å²) >= 11 is 6.02. The minimum absolute atomic E-state index is 0.0200. The number of fused-ring (bicyclic) bond motifs is 1. The molecule has 0 bridgehead atoms. The maximum absolute atomic E-state index is 14.4. The molecule has 0 saturated carbocycles. The summed E-state index contributed by atoms with van der Waals surface area (Å²) in [6, 6.07) is 37.6. The number of anilines is 1. The van der Waals surface area contributed by atoms with E-state index in [-0.39, 0.29) is 61.8 Å². The molecule has 5 heterocycles. The summed E-state index contributed by atoms with van der Waals surface area (Å²) in [5, 5.41) is 16.5. The lowest BCUT2D eigenvalue weighted by Gasteiger charge is -2.42. The molecule has 3 aromatic heterocycles. The molecule has 15 nitrogen and oxygen atoms in total. The maximum atomic E-state index is 14.4. The van der Waals surface area contributed by atoms with Crippen LogP contribution in [-0.2, 0) is 30.0 Å². The Morgan fingerprint density at radius 2 is 1.47 bits per heavy atom. The van der Waals surface area contributed by atoms with Crippen LogP contribution in [0.5, 0.6) is 0 Å². The van der Waals surface area contributed by atoms with E-state index in [1.807, 2.05) is 91.0 Å². The normalized spacial score (nSPS) is 14.9. The van der Waals surface area contributed by atoms with E-state index in [1.165, 1.54) is 29.0 Å². The third-order valence-corrected chi connectivity index (χ3v) is 11.5. The van der Waals surface area contributed by atoms with Crippen LogP contribution in [0.3, 0.4) is 0 Å². The molecule has 62 heavy (non-hydrogen) atoms. The van der Waals surface area contributed by atoms with Gasteiger partial charge in [0.2, 0.25) is 5.91 Å². The monoisotopic (exact) mass is 851 g/mol. The topological polar surface area (TPSA) is 164 Å². The minimum atomic E-state index is -1.53. The van der Waals surface area contributed by atoms with Crippen molar-refractivity contribution in [1.82, 2.24) is 49.9 Å². The van der Waals surface area contributed by atoms with E-state index in [4.69, 9.17) is 16.6 Å². The molecule has 1 N–H and O–H groups in total. The van der Waals surface area contributed by atoms with Crippen molar-refractivity contribution in [2.75, 3.05) is 31.1 Å². The van der Waals surface area contributed by atoms with Crippen molar-refractivity contribution in [2.45, 2.75) is 37.8 Å². The number of rotatable bonds is 12. The summed E-state index contributed by atoms with van der Waals surface area (Å²) in [4.78, 5) is 68.7. The number of amides is 4. The van der Waals surface area contributed by atoms with Gasteiger partial charge in [0, 0.05) is 24.7 Å². The molecule has 4 amide bonds. The summed E-state index contributed by atoms with van der Waals surface area (Å²) in [5.41, 5.74) is -0.00395. The van der Waals surface area contributed by atoms with Gasteiger partial charge in [-0.1, -0.05) is 115 Å². The summed E-state index contributed by atoms with van der Waals surface area (Å²) in [6.45, 7) is 1.30. The largest absolute Gasteiger partial charge is 0.348 e. The van der Waals surface area contributed by atoms with Gasteiger partial charge in [-0.05, 0) is 57.8 Å². The van der Waals surface area contributed by atoms with Gasteiger partial charge < -0.3 is 15.1 Å². The Hall–Kier alpha value is -7.33. The molecule has 0 aliphatic carbocycles. The molecule has 7 aromatic rings. The highest BCUT2D eigenvalue weighted by Gasteiger charge is 2.43. The second-order valence-corrected chi connectivity index (χ2v) is 16.0. The molecule has 0 radical (unpaired) electrons. The summed E-state index contributed by atoms with van der Waals surface area (Å²) in [5.74, 6) is -0.632. The van der Waals surface area contributed by atoms with Crippen molar-refractivity contribution >= 4 is 46.4 Å². The standard InChI is InChI=1S/C45H39ClFN11O4/c1-44(47)28-55(29-44)39(59)27-57-40-36(23-35(42(57)61)41(60)49-24-30-17-19-34(46)20-18-30)50-37(25-48-40)56-22-21-54(43(56)62)26-38-51-52-53-58(38)45(31-11-5-2-6-12-31,32-13-7-3-8-14-32)33-15-9-4-10-16-33/h2-20,23,25H,21-22,24,26-29H2,1H3,(H,49,60). The van der Waals surface area contributed by atoms with Crippen LogP contribution in [-0.4, -0.2) is 94.2 Å². The van der Waals surface area contributed by atoms with Gasteiger partial charge in [0.05, 0.1) is 25.8 Å². The molecule has 0 unspecified atom stereocenters. The fourth-order valence-electron chi connectivity index (χ4n) is 8.20. The van der Waals surface area contributed by atoms with E-state index in [1.54, 1.807) is 33.8 Å². The van der Waals surface area contributed by atoms with Crippen LogP contribution < -0.4 is 15.8 Å². The van der Waals surface area contributed by atoms with Crippen LogP contribution in [0.4, 0.5) is 15.0 Å². The molecule has 0 spiro atoms. The van der Waals surface area contributed by atoms with E-state index >= 15 is 0 Å². The second kappa shape index (κ2) is 16.3. The first-order valence-corrected chi connectivity index (χ1v) is 20.3. The third-order valence-electron chi connectivity index (χ3n) is 11.2. The summed E-state index contributed by atoms with van der Waals surface area (Å²) < 4.78 is 17.2. The number of nitrogens with one attached hydrogen (secondary N) is 1. The first-order chi connectivity index (χ1) is 30.0. The molecule has 2 aliphatic rings. The van der Waals surface area contributed by atoms with Crippen molar-refractivity contribution in [3.05, 3.63) is 177 Å². The highest BCUT2D eigenvalue weighted by molar-refractivity contribution is 6.30. The molecule has 2 aliphatic heterocycles. The second-order valence-electron chi connectivity index (χ2n) is 15.5. The Balaban J connectivity index is 1.04. The number of likely N-dealkylation sites (tertiary alicyclic amines) is 1. The van der Waals surface area contributed by atoms with Crippen LogP contribution in [0.15, 0.2) is 132 Å². The molecule has 312 valence electrons. The van der Waals surface area contributed by atoms with Gasteiger partial charge >= 0.3 is 6.03 Å². The number of hydrogen-bond acceptors (Lipinski definition) is 9. The summed E-state index contributed by atoms with van der Waals surface area (Å²) in [6.07, 6.45) is 1.35. The van der Waals surface area contributed by atoms with Crippen LogP contribution in [0.2, 0.25) is 5.02 Å². The number of alkyl halides is 1. The average Bonchev–Trinajstić information content (AvgIpc) is 3.90. The molecule has 4 aromatic carbocycles. The summed E-state index contributed by atoms with van der Waals surface area (Å²) in [7, 11) is 0. The lowest BCUT2D eigenvalue weighted by molar-refractivity contribution is -0.144. The zero-order chi connectivity index (χ0) is 43.0. The zero-order valence-electron chi connectivity index (χ0n) is 33.4. The van der Waals surface area contributed by atoms with E-state index in [0.717, 1.165) is 26.8 Å². The Bertz CT molecular complexity index is 2750. The Morgan fingerprint density at radius 3 is 2.06 bits per heavy atom. The number of nitrogens with zero attached hydrogens (tertiary/aromatic N) is 10. The van der Waals surface area contributed by atoms with E-state index < -0.39 is 41.2 Å². The SMILES string of the molecule is CC1(F)CN(C(=O)Cn2c(=O)c(C(=O)NCc3ccc(Cl)cc3)cc3nc(N4CCN(Cc5nnnn5C(c5ccccc5)(c5ccccc5)c5ccccc5)C4=O)cnc32)C1. The molecule has 17 heteroatoms. The van der Waals surface area contributed by atoms with Gasteiger partial charge in [-0.3, -0.25) is 23.9 Å². The number of halogens is 2. The molecule has 0 atom stereocenters. The van der Waals surface area contributed by atoms with Gasteiger partial charge in [0.25, 0.3) is 11.5 Å². The fraction of sp³-hybridized carbons (Fsp3) is 0.222. The van der Waals surface area contributed by atoms with Crippen molar-refractivity contribution < 1.29 is 18.8 Å². The molecular weight excluding hydrogens is 813 g/mol. The molecule has 2 fully saturated rings. The highest BCUT2D eigenvalue weighted by atomic mass is 35.5. The van der Waals surface area contributed by atoms with Gasteiger partial charge in [0.1, 0.15) is 28.8 Å². The van der Waals surface area contributed by atoms with Crippen molar-refractivity contribution in [2.24, 2.45) is 0 Å². The first kappa shape index (κ1) is 40.1. The van der Waals surface area contributed by atoms with E-state index in [2.05, 4.69) is 25.8 Å². The number of aromatic nitrogens is 7. The van der Waals surface area contributed by atoms with Crippen LogP contribution in [0.25, 0.3) is 11.2 Å². The Kier molecular flexibility index (Phi) is 10.5. The van der Waals surface area contributed by atoms with Crippen molar-refractivity contribution in [3.63, 3.8) is 0 Å². The molecule has 2 saturated heterocycles. The van der Waals surface area contributed by atoms with Crippen molar-refractivity contribution in [1.29, 1.82) is 0 Å². The average molecular weight is 852 g/mol. The number of urea groups is 1. The Morgan fingerprint density at radius 1 is 0.855 bits per heavy atom. The predicted octanol–water partition coefficient (Wildman–Crippen LogP) is 5.21. The van der Waals surface area contributed by atoms with E-state index in [0.29, 0.717) is 10.8 Å². The first-order valence-electron chi connectivity index (χ1n) is 19.9. The third kappa shape index (κ3) is 7.42. The van der Waals surface area contributed by atoms with Crippen molar-refractivity contribution in [3.8, 4) is 0 Å². The molecular formula is C45H39ClFN11O4. The minimum Gasteiger partial charge on any atom is -0.348 e. The van der Waals surface area contributed by atoms with Gasteiger partial charge in [-0.15, -0.1) is 5.10 Å². The van der Waals surface area contributed by atoms with Crippen LogP contribution in [0.1, 0.15) is 45.4 Å². The quantitative estimate of drug-likeness (QED) is 0.163. The number of carbonyl (C=O) groups excluding carboxylic acids is 3. The van der Waals surface area contributed by atoms with Gasteiger partial charge in [0.15, 0.2) is 17.3 Å². The van der Waals surface area contributed by atoms with E-state index in [9.17, 15) is 23.6 Å². The smallest absolute Gasteiger partial charge is 0.326 e.